The number of carbonyl (C=O) groups is 3. The average molecular weight is 364 g/mol. The summed E-state index contributed by atoms with van der Waals surface area (Å²) < 4.78 is 31.7. The lowest BCUT2D eigenvalue weighted by atomic mass is 10.4. The zero-order chi connectivity index (χ0) is 19.5. The molecular weight excluding hydrogens is 349 g/mol. The molecule has 0 saturated carbocycles. The molecule has 0 aliphatic carbocycles. The fraction of sp³-hybridized carbons (Fsp3) is 0.250. The van der Waals surface area contributed by atoms with Gasteiger partial charge in [0.05, 0.1) is 0 Å². The minimum absolute atomic E-state index is 0.134. The van der Waals surface area contributed by atoms with Gasteiger partial charge in [-0.1, -0.05) is 6.07 Å². The third-order valence-electron chi connectivity index (χ3n) is 2.04. The molecule has 138 valence electrons. The molecule has 0 aromatic carbocycles. The number of hydrogen-bond donors (Lipinski definition) is 5. The summed E-state index contributed by atoms with van der Waals surface area (Å²) in [6.07, 6.45) is -3.53. The van der Waals surface area contributed by atoms with Crippen molar-refractivity contribution >= 4 is 29.7 Å². The number of halogens is 3. The Bertz CT molecular complexity index is 621. The first-order valence-electron chi connectivity index (χ1n) is 6.36. The summed E-state index contributed by atoms with van der Waals surface area (Å²) in [6, 6.07) is 4.63. The molecule has 3 amide bonds. The smallest absolute Gasteiger partial charge is 0.475 e. The maximum absolute atomic E-state index is 11.4. The molecule has 0 saturated heterocycles. The molecule has 1 aromatic rings. The van der Waals surface area contributed by atoms with Crippen LogP contribution < -0.4 is 21.7 Å². The molecule has 25 heavy (non-hydrogen) atoms. The van der Waals surface area contributed by atoms with Crippen LogP contribution in [0.25, 0.3) is 0 Å². The molecule has 0 spiro atoms. The summed E-state index contributed by atoms with van der Waals surface area (Å²) in [5.74, 6) is -2.84. The van der Waals surface area contributed by atoms with Crippen molar-refractivity contribution in [3.63, 3.8) is 0 Å². The number of hydrogen-bond acceptors (Lipinski definition) is 5. The van der Waals surface area contributed by atoms with Crippen LogP contribution in [0.1, 0.15) is 0 Å². The van der Waals surface area contributed by atoms with Crippen molar-refractivity contribution in [1.82, 2.24) is 15.6 Å². The lowest BCUT2D eigenvalue weighted by Crippen LogP contribution is -2.42. The van der Waals surface area contributed by atoms with Gasteiger partial charge >= 0.3 is 18.2 Å². The Morgan fingerprint density at radius 1 is 1.32 bits per heavy atom. The van der Waals surface area contributed by atoms with Gasteiger partial charge in [-0.2, -0.15) is 13.2 Å². The van der Waals surface area contributed by atoms with Crippen LogP contribution in [-0.4, -0.2) is 53.7 Å². The second-order valence-electron chi connectivity index (χ2n) is 3.97. The lowest BCUT2D eigenvalue weighted by Gasteiger charge is -2.04. The zero-order valence-corrected chi connectivity index (χ0v) is 12.8. The number of carbonyl (C=O) groups excluding carboxylic acids is 2. The predicted octanol–water partition coefficient (Wildman–Crippen LogP) is -0.103. The number of carboxylic acids is 1. The number of guanidine groups is 1. The average Bonchev–Trinajstić information content (AvgIpc) is 2.53. The van der Waals surface area contributed by atoms with Crippen molar-refractivity contribution in [2.45, 2.75) is 6.18 Å². The highest BCUT2D eigenvalue weighted by atomic mass is 19.4. The van der Waals surface area contributed by atoms with Gasteiger partial charge in [0.2, 0.25) is 5.91 Å². The minimum atomic E-state index is -5.08. The molecule has 0 unspecified atom stereocenters. The number of urea groups is 1. The summed E-state index contributed by atoms with van der Waals surface area (Å²) in [4.78, 5) is 38.8. The predicted molar refractivity (Wildman–Crippen MR) is 80.6 cm³/mol. The quantitative estimate of drug-likeness (QED) is 0.372. The lowest BCUT2D eigenvalue weighted by molar-refractivity contribution is -0.192. The number of aliphatic carboxylic acids is 1. The van der Waals surface area contributed by atoms with Crippen LogP contribution in [0.4, 0.5) is 23.8 Å². The van der Waals surface area contributed by atoms with Crippen molar-refractivity contribution in [1.29, 1.82) is 0 Å². The van der Waals surface area contributed by atoms with E-state index >= 15 is 0 Å². The molecular formula is C12H15F3N6O4. The monoisotopic (exact) mass is 364 g/mol. The SMILES string of the molecule is CNC(=O)NC(N)=NCC(=O)Nc1ccccn1.O=C(O)C(F)(F)F. The largest absolute Gasteiger partial charge is 0.490 e. The Balaban J connectivity index is 0.000000697. The molecule has 10 nitrogen and oxygen atoms in total. The maximum atomic E-state index is 11.4. The molecule has 0 radical (unpaired) electrons. The minimum Gasteiger partial charge on any atom is -0.475 e. The fourth-order valence-corrected chi connectivity index (χ4v) is 0.994. The molecule has 0 atom stereocenters. The number of rotatable bonds is 3. The number of pyridine rings is 1. The molecule has 0 aliphatic heterocycles. The number of anilines is 1. The number of aromatic nitrogens is 1. The maximum Gasteiger partial charge on any atom is 0.490 e. The first-order valence-corrected chi connectivity index (χ1v) is 6.36. The van der Waals surface area contributed by atoms with Crippen molar-refractivity contribution in [2.75, 3.05) is 18.9 Å². The first-order chi connectivity index (χ1) is 11.6. The van der Waals surface area contributed by atoms with E-state index in [1.807, 2.05) is 0 Å². The van der Waals surface area contributed by atoms with Gasteiger partial charge in [-0.3, -0.25) is 10.1 Å². The van der Waals surface area contributed by atoms with E-state index in [4.69, 9.17) is 15.6 Å². The van der Waals surface area contributed by atoms with E-state index in [1.54, 1.807) is 24.4 Å². The van der Waals surface area contributed by atoms with E-state index in [-0.39, 0.29) is 18.4 Å². The van der Waals surface area contributed by atoms with Gasteiger partial charge in [-0.15, -0.1) is 0 Å². The molecule has 1 heterocycles. The van der Waals surface area contributed by atoms with Crippen molar-refractivity contribution in [3.05, 3.63) is 24.4 Å². The number of nitrogens with zero attached hydrogens (tertiary/aromatic N) is 2. The highest BCUT2D eigenvalue weighted by Gasteiger charge is 2.38. The van der Waals surface area contributed by atoms with E-state index in [0.717, 1.165) is 0 Å². The number of aliphatic imine (C=N–C) groups is 1. The van der Waals surface area contributed by atoms with Crippen molar-refractivity contribution < 1.29 is 32.7 Å². The fourth-order valence-electron chi connectivity index (χ4n) is 0.994. The van der Waals surface area contributed by atoms with Crippen LogP contribution in [0.5, 0.6) is 0 Å². The first kappa shape index (κ1) is 21.6. The third kappa shape index (κ3) is 10.9. The van der Waals surface area contributed by atoms with Crippen LogP contribution in [-0.2, 0) is 9.59 Å². The molecule has 1 aromatic heterocycles. The second kappa shape index (κ2) is 10.4. The Kier molecular flexibility index (Phi) is 9.00. The number of nitrogens with one attached hydrogen (secondary N) is 3. The number of amides is 3. The van der Waals surface area contributed by atoms with E-state index in [2.05, 4.69) is 25.9 Å². The van der Waals surface area contributed by atoms with Gasteiger partial charge < -0.3 is 21.5 Å². The van der Waals surface area contributed by atoms with E-state index < -0.39 is 18.2 Å². The summed E-state index contributed by atoms with van der Waals surface area (Å²) >= 11 is 0. The van der Waals surface area contributed by atoms with Crippen molar-refractivity contribution in [2.24, 2.45) is 10.7 Å². The van der Waals surface area contributed by atoms with Crippen LogP contribution in [0.15, 0.2) is 29.4 Å². The van der Waals surface area contributed by atoms with Crippen LogP contribution in [0.2, 0.25) is 0 Å². The molecule has 13 heteroatoms. The van der Waals surface area contributed by atoms with Crippen LogP contribution in [0, 0.1) is 0 Å². The third-order valence-corrected chi connectivity index (χ3v) is 2.04. The van der Waals surface area contributed by atoms with Gasteiger partial charge in [-0.25, -0.2) is 19.6 Å². The Morgan fingerprint density at radius 3 is 2.36 bits per heavy atom. The van der Waals surface area contributed by atoms with Gasteiger partial charge in [0, 0.05) is 13.2 Å². The summed E-state index contributed by atoms with van der Waals surface area (Å²) in [5, 5.41) is 14.2. The zero-order valence-electron chi connectivity index (χ0n) is 12.8. The molecule has 0 fully saturated rings. The van der Waals surface area contributed by atoms with Gasteiger partial charge in [0.25, 0.3) is 0 Å². The Morgan fingerprint density at radius 2 is 1.92 bits per heavy atom. The van der Waals surface area contributed by atoms with Crippen molar-refractivity contribution in [3.8, 4) is 0 Å². The standard InChI is InChI=1S/C10H14N6O2.C2HF3O2/c1-12-10(18)16-9(11)14-6-8(17)15-7-4-2-3-5-13-7;3-2(4,5)1(6)7/h2-5H,6H2,1H3,(H,13,15,17)(H4,11,12,14,16,18);(H,6,7). The Hall–Kier alpha value is -3.38. The molecule has 0 bridgehead atoms. The summed E-state index contributed by atoms with van der Waals surface area (Å²) in [6.45, 7) is -0.202. The van der Waals surface area contributed by atoms with E-state index in [9.17, 15) is 22.8 Å². The Labute approximate surface area is 139 Å². The van der Waals surface area contributed by atoms with E-state index in [1.165, 1.54) is 7.05 Å². The van der Waals surface area contributed by atoms with Gasteiger partial charge in [0.1, 0.15) is 12.4 Å². The highest BCUT2D eigenvalue weighted by molar-refractivity contribution is 5.97. The normalized spacial score (nSPS) is 10.8. The number of carboxylic acid groups (broad SMARTS) is 1. The van der Waals surface area contributed by atoms with Gasteiger partial charge in [0.15, 0.2) is 5.96 Å². The summed E-state index contributed by atoms with van der Waals surface area (Å²) in [5.41, 5.74) is 5.37. The summed E-state index contributed by atoms with van der Waals surface area (Å²) in [7, 11) is 1.44. The molecule has 0 aliphatic rings. The number of alkyl halides is 3. The molecule has 6 N–H and O–H groups in total. The van der Waals surface area contributed by atoms with E-state index in [0.29, 0.717) is 5.82 Å². The highest BCUT2D eigenvalue weighted by Crippen LogP contribution is 2.13. The van der Waals surface area contributed by atoms with Crippen LogP contribution >= 0.6 is 0 Å². The topological polar surface area (TPSA) is 159 Å². The van der Waals surface area contributed by atoms with Gasteiger partial charge in [-0.05, 0) is 12.1 Å². The number of nitrogens with two attached hydrogens (primary N) is 1. The second-order valence-corrected chi connectivity index (χ2v) is 3.97. The molecule has 1 rings (SSSR count). The van der Waals surface area contributed by atoms with Crippen LogP contribution in [0.3, 0.4) is 0 Å².